The summed E-state index contributed by atoms with van der Waals surface area (Å²) >= 11 is 7.35. The van der Waals surface area contributed by atoms with Crippen molar-refractivity contribution in [3.8, 4) is 5.75 Å². The van der Waals surface area contributed by atoms with Crippen molar-refractivity contribution in [2.75, 3.05) is 12.4 Å². The van der Waals surface area contributed by atoms with Crippen molar-refractivity contribution in [1.29, 1.82) is 0 Å². The van der Waals surface area contributed by atoms with Gasteiger partial charge in [0.15, 0.2) is 5.13 Å². The van der Waals surface area contributed by atoms with E-state index in [1.54, 1.807) is 24.3 Å². The first-order chi connectivity index (χ1) is 12.5. The van der Waals surface area contributed by atoms with Crippen LogP contribution in [0.25, 0.3) is 16.3 Å². The Morgan fingerprint density at radius 1 is 1.38 bits per heavy atom. The number of aromatic nitrogens is 1. The molecular formula is C17H12ClN3O4S. The smallest absolute Gasteiger partial charge is 0.270 e. The van der Waals surface area contributed by atoms with Crippen molar-refractivity contribution in [3.63, 3.8) is 0 Å². The molecule has 0 radical (unpaired) electrons. The monoisotopic (exact) mass is 389 g/mol. The molecule has 0 bridgehead atoms. The Balaban J connectivity index is 1.74. The first kappa shape index (κ1) is 17.8. The van der Waals surface area contributed by atoms with Crippen molar-refractivity contribution in [1.82, 2.24) is 4.98 Å². The second-order valence-electron chi connectivity index (χ2n) is 5.15. The molecule has 9 heteroatoms. The normalized spacial score (nSPS) is 11.0. The van der Waals surface area contributed by atoms with E-state index < -0.39 is 10.8 Å². The van der Waals surface area contributed by atoms with Gasteiger partial charge in [0.2, 0.25) is 5.91 Å². The van der Waals surface area contributed by atoms with Crippen molar-refractivity contribution in [3.05, 3.63) is 63.2 Å². The molecule has 0 unspecified atom stereocenters. The highest BCUT2D eigenvalue weighted by Crippen LogP contribution is 2.34. The Morgan fingerprint density at radius 2 is 2.19 bits per heavy atom. The number of hydrogen-bond acceptors (Lipinski definition) is 6. The number of methoxy groups -OCH3 is 1. The molecule has 0 saturated carbocycles. The third-order valence-electron chi connectivity index (χ3n) is 3.40. The van der Waals surface area contributed by atoms with Crippen LogP contribution in [0, 0.1) is 10.1 Å². The SMILES string of the molecule is COc1cc2sc(NC(=O)/C=C/c3cccc([N+](=O)[O-])c3)nc2cc1Cl. The molecule has 7 nitrogen and oxygen atoms in total. The summed E-state index contributed by atoms with van der Waals surface area (Å²) in [6.45, 7) is 0. The fraction of sp³-hybridized carbons (Fsp3) is 0.0588. The predicted molar refractivity (Wildman–Crippen MR) is 102 cm³/mol. The Kier molecular flexibility index (Phi) is 5.15. The van der Waals surface area contributed by atoms with Crippen molar-refractivity contribution >= 4 is 56.0 Å². The average Bonchev–Trinajstić information content (AvgIpc) is 3.00. The number of amides is 1. The number of ether oxygens (including phenoxy) is 1. The molecule has 0 aliphatic heterocycles. The van der Waals surface area contributed by atoms with E-state index in [-0.39, 0.29) is 5.69 Å². The maximum Gasteiger partial charge on any atom is 0.270 e. The zero-order valence-electron chi connectivity index (χ0n) is 13.4. The van der Waals surface area contributed by atoms with E-state index in [1.807, 2.05) is 0 Å². The molecule has 3 rings (SSSR count). The molecule has 0 aliphatic carbocycles. The summed E-state index contributed by atoms with van der Waals surface area (Å²) in [5, 5.41) is 14.3. The molecular weight excluding hydrogens is 378 g/mol. The number of carbonyl (C=O) groups is 1. The third kappa shape index (κ3) is 3.98. The Morgan fingerprint density at radius 3 is 2.92 bits per heavy atom. The minimum Gasteiger partial charge on any atom is -0.495 e. The Labute approximate surface area is 157 Å². The molecule has 2 aromatic carbocycles. The highest BCUT2D eigenvalue weighted by atomic mass is 35.5. The van der Waals surface area contributed by atoms with Crippen molar-refractivity contribution in [2.45, 2.75) is 0 Å². The van der Waals surface area contributed by atoms with Gasteiger partial charge in [0.1, 0.15) is 5.75 Å². The molecule has 1 aromatic heterocycles. The van der Waals surface area contributed by atoms with Gasteiger partial charge in [-0.3, -0.25) is 20.2 Å². The summed E-state index contributed by atoms with van der Waals surface area (Å²) in [5.74, 6) is 0.139. The van der Waals surface area contributed by atoms with Gasteiger partial charge in [0.25, 0.3) is 5.69 Å². The van der Waals surface area contributed by atoms with Gasteiger partial charge in [-0.05, 0) is 17.7 Å². The van der Waals surface area contributed by atoms with E-state index in [4.69, 9.17) is 16.3 Å². The minimum absolute atomic E-state index is 0.0374. The number of fused-ring (bicyclic) bond motifs is 1. The van der Waals surface area contributed by atoms with Gasteiger partial charge in [-0.1, -0.05) is 35.1 Å². The molecule has 0 atom stereocenters. The topological polar surface area (TPSA) is 94.4 Å². The van der Waals surface area contributed by atoms with Gasteiger partial charge in [-0.15, -0.1) is 0 Å². The lowest BCUT2D eigenvalue weighted by Gasteiger charge is -2.00. The number of carbonyl (C=O) groups excluding carboxylic acids is 1. The summed E-state index contributed by atoms with van der Waals surface area (Å²) < 4.78 is 5.98. The van der Waals surface area contributed by atoms with Gasteiger partial charge in [-0.2, -0.15) is 0 Å². The zero-order valence-corrected chi connectivity index (χ0v) is 15.0. The predicted octanol–water partition coefficient (Wildman–Crippen LogP) is 4.52. The number of rotatable bonds is 5. The number of benzene rings is 2. The molecule has 3 aromatic rings. The molecule has 0 aliphatic rings. The number of nitrogens with zero attached hydrogens (tertiary/aromatic N) is 2. The van der Waals surface area contributed by atoms with Gasteiger partial charge >= 0.3 is 0 Å². The van der Waals surface area contributed by atoms with Crippen LogP contribution in [0.5, 0.6) is 5.75 Å². The van der Waals surface area contributed by atoms with Gasteiger partial charge < -0.3 is 4.74 Å². The second-order valence-corrected chi connectivity index (χ2v) is 6.59. The minimum atomic E-state index is -0.488. The fourth-order valence-corrected chi connectivity index (χ4v) is 3.31. The lowest BCUT2D eigenvalue weighted by Crippen LogP contribution is -2.07. The third-order valence-corrected chi connectivity index (χ3v) is 4.63. The molecule has 1 heterocycles. The maximum absolute atomic E-state index is 12.1. The first-order valence-electron chi connectivity index (χ1n) is 7.34. The number of anilines is 1. The van der Waals surface area contributed by atoms with E-state index in [0.717, 1.165) is 4.70 Å². The van der Waals surface area contributed by atoms with Crippen LogP contribution in [0.2, 0.25) is 5.02 Å². The number of halogens is 1. The largest absolute Gasteiger partial charge is 0.495 e. The van der Waals surface area contributed by atoms with E-state index >= 15 is 0 Å². The Bertz CT molecular complexity index is 1030. The summed E-state index contributed by atoms with van der Waals surface area (Å²) in [7, 11) is 1.52. The van der Waals surface area contributed by atoms with Crippen molar-refractivity contribution in [2.24, 2.45) is 0 Å². The summed E-state index contributed by atoms with van der Waals surface area (Å²) in [6, 6.07) is 9.42. The van der Waals surface area contributed by atoms with Crippen LogP contribution >= 0.6 is 22.9 Å². The number of hydrogen-bond donors (Lipinski definition) is 1. The maximum atomic E-state index is 12.1. The summed E-state index contributed by atoms with van der Waals surface area (Å²) in [5.41, 5.74) is 1.17. The number of nitro groups is 1. The quantitative estimate of drug-likeness (QED) is 0.393. The number of nitro benzene ring substituents is 1. The highest BCUT2D eigenvalue weighted by molar-refractivity contribution is 7.22. The number of non-ortho nitro benzene ring substituents is 1. The van der Waals surface area contributed by atoms with E-state index in [9.17, 15) is 14.9 Å². The van der Waals surface area contributed by atoms with Crippen LogP contribution in [0.1, 0.15) is 5.56 Å². The molecule has 1 amide bonds. The molecule has 0 fully saturated rings. The summed E-state index contributed by atoms with van der Waals surface area (Å²) in [4.78, 5) is 26.6. The van der Waals surface area contributed by atoms with E-state index in [0.29, 0.717) is 27.0 Å². The lowest BCUT2D eigenvalue weighted by molar-refractivity contribution is -0.384. The first-order valence-corrected chi connectivity index (χ1v) is 8.53. The van der Waals surface area contributed by atoms with Crippen LogP contribution in [0.3, 0.4) is 0 Å². The van der Waals surface area contributed by atoms with Crippen LogP contribution in [0.15, 0.2) is 42.5 Å². The van der Waals surface area contributed by atoms with Crippen molar-refractivity contribution < 1.29 is 14.5 Å². The Hall–Kier alpha value is -2.97. The lowest BCUT2D eigenvalue weighted by atomic mass is 10.2. The molecule has 1 N–H and O–H groups in total. The van der Waals surface area contributed by atoms with Crippen LogP contribution < -0.4 is 10.1 Å². The molecule has 0 saturated heterocycles. The second kappa shape index (κ2) is 7.51. The zero-order chi connectivity index (χ0) is 18.7. The van der Waals surface area contributed by atoms with E-state index in [1.165, 1.54) is 42.7 Å². The summed E-state index contributed by atoms with van der Waals surface area (Å²) in [6.07, 6.45) is 2.79. The van der Waals surface area contributed by atoms with Crippen LogP contribution in [0.4, 0.5) is 10.8 Å². The van der Waals surface area contributed by atoms with Crippen LogP contribution in [-0.2, 0) is 4.79 Å². The van der Waals surface area contributed by atoms with Gasteiger partial charge in [0, 0.05) is 24.3 Å². The molecule has 0 spiro atoms. The standard InChI is InChI=1S/C17H12ClN3O4S/c1-25-14-9-15-13(8-12(14)18)19-17(26-15)20-16(22)6-5-10-3-2-4-11(7-10)21(23)24/h2-9H,1H3,(H,19,20,22)/b6-5+. The molecule has 26 heavy (non-hydrogen) atoms. The van der Waals surface area contributed by atoms with Crippen LogP contribution in [-0.4, -0.2) is 22.9 Å². The molecule has 132 valence electrons. The van der Waals surface area contributed by atoms with Gasteiger partial charge in [-0.25, -0.2) is 4.98 Å². The number of thiazole rings is 1. The fourth-order valence-electron chi connectivity index (χ4n) is 2.20. The number of nitrogens with one attached hydrogen (secondary N) is 1. The highest BCUT2D eigenvalue weighted by Gasteiger charge is 2.10. The van der Waals surface area contributed by atoms with Gasteiger partial charge in [0.05, 0.1) is 27.3 Å². The average molecular weight is 390 g/mol. The van der Waals surface area contributed by atoms with E-state index in [2.05, 4.69) is 10.3 Å².